The predicted octanol–water partition coefficient (Wildman–Crippen LogP) is 5.40. The summed E-state index contributed by atoms with van der Waals surface area (Å²) in [5.41, 5.74) is 1.92. The molecule has 5 atom stereocenters. The standard InChI is InChI=1S/C36H46N2O7Si/c1-23-34(44-4)30-20-25(37-36(41)24-9-12-27(42-2)13-10-24)11-18-31(30)45-35(23)32(21-33(40)38-19-7-8-26(38)22-39)46(5,6)29-16-14-28(43-3)15-17-29/h9-18,20,23,26,32,34-35,39H,7-8,19,21-22H2,1-6H3,(H,37,41)/t23-,26+,32?,34-,35-/m1/s1. The molecule has 46 heavy (non-hydrogen) atoms. The van der Waals surface area contributed by atoms with Gasteiger partial charge >= 0.3 is 0 Å². The van der Waals surface area contributed by atoms with E-state index in [0.29, 0.717) is 35.7 Å². The van der Waals surface area contributed by atoms with Gasteiger partial charge in [0.05, 0.1) is 41.0 Å². The Balaban J connectivity index is 1.46. The van der Waals surface area contributed by atoms with Crippen molar-refractivity contribution in [3.8, 4) is 17.2 Å². The minimum absolute atomic E-state index is 0.0253. The van der Waals surface area contributed by atoms with Crippen LogP contribution in [-0.4, -0.2) is 76.5 Å². The number of carbonyl (C=O) groups is 2. The van der Waals surface area contributed by atoms with Gasteiger partial charge in [0.1, 0.15) is 23.4 Å². The highest BCUT2D eigenvalue weighted by Gasteiger charge is 2.49. The second-order valence-corrected chi connectivity index (χ2v) is 17.6. The Kier molecular flexibility index (Phi) is 10.4. The second kappa shape index (κ2) is 14.3. The first-order valence-corrected chi connectivity index (χ1v) is 19.0. The highest BCUT2D eigenvalue weighted by atomic mass is 28.3. The molecule has 10 heteroatoms. The summed E-state index contributed by atoms with van der Waals surface area (Å²) in [6.45, 7) is 7.35. The first kappa shape index (κ1) is 33.5. The van der Waals surface area contributed by atoms with Crippen LogP contribution in [-0.2, 0) is 9.53 Å². The zero-order valence-corrected chi connectivity index (χ0v) is 28.6. The number of rotatable bonds is 11. The zero-order valence-electron chi connectivity index (χ0n) is 27.6. The molecule has 1 fully saturated rings. The van der Waals surface area contributed by atoms with Gasteiger partial charge in [0.15, 0.2) is 0 Å². The average Bonchev–Trinajstić information content (AvgIpc) is 3.56. The van der Waals surface area contributed by atoms with E-state index < -0.39 is 8.07 Å². The van der Waals surface area contributed by atoms with Crippen LogP contribution in [0.1, 0.15) is 48.2 Å². The molecule has 2 amide bonds. The minimum atomic E-state index is -2.37. The fourth-order valence-corrected chi connectivity index (χ4v) is 10.4. The van der Waals surface area contributed by atoms with Crippen molar-refractivity contribution in [2.75, 3.05) is 39.8 Å². The first-order chi connectivity index (χ1) is 22.1. The number of aliphatic hydroxyl groups excluding tert-OH is 1. The molecular formula is C36H46N2O7Si. The highest BCUT2D eigenvalue weighted by molar-refractivity contribution is 6.91. The van der Waals surface area contributed by atoms with Crippen molar-refractivity contribution in [1.29, 1.82) is 0 Å². The number of fused-ring (bicyclic) bond motifs is 1. The molecule has 0 spiro atoms. The summed E-state index contributed by atoms with van der Waals surface area (Å²) < 4.78 is 23.6. The summed E-state index contributed by atoms with van der Waals surface area (Å²) in [7, 11) is 2.56. The summed E-state index contributed by atoms with van der Waals surface area (Å²) in [5, 5.41) is 14.2. The molecular weight excluding hydrogens is 600 g/mol. The van der Waals surface area contributed by atoms with E-state index >= 15 is 0 Å². The molecule has 246 valence electrons. The molecule has 2 heterocycles. The Bertz CT molecular complexity index is 1510. The van der Waals surface area contributed by atoms with Gasteiger partial charge in [-0.2, -0.15) is 0 Å². The molecule has 0 aliphatic carbocycles. The summed E-state index contributed by atoms with van der Waals surface area (Å²) in [6, 6.07) is 20.6. The molecule has 1 unspecified atom stereocenters. The van der Waals surface area contributed by atoms with Crippen LogP contribution in [0.2, 0.25) is 18.6 Å². The fraction of sp³-hybridized carbons (Fsp3) is 0.444. The Hall–Kier alpha value is -3.86. The maximum atomic E-state index is 13.9. The fourth-order valence-electron chi connectivity index (χ4n) is 7.08. The van der Waals surface area contributed by atoms with Crippen LogP contribution in [0.4, 0.5) is 5.69 Å². The van der Waals surface area contributed by atoms with E-state index in [1.54, 1.807) is 45.6 Å². The Morgan fingerprint density at radius 1 is 1.00 bits per heavy atom. The van der Waals surface area contributed by atoms with Crippen LogP contribution < -0.4 is 24.7 Å². The topological polar surface area (TPSA) is 107 Å². The molecule has 2 aliphatic rings. The zero-order chi connectivity index (χ0) is 33.0. The number of ether oxygens (including phenoxy) is 4. The van der Waals surface area contributed by atoms with Gasteiger partial charge in [0.2, 0.25) is 5.91 Å². The molecule has 0 aromatic heterocycles. The van der Waals surface area contributed by atoms with Gasteiger partial charge in [-0.15, -0.1) is 0 Å². The number of hydrogen-bond acceptors (Lipinski definition) is 7. The lowest BCUT2D eigenvalue weighted by Gasteiger charge is -2.46. The summed E-state index contributed by atoms with van der Waals surface area (Å²) in [4.78, 5) is 28.8. The normalized spacial score (nSPS) is 21.6. The van der Waals surface area contributed by atoms with E-state index in [-0.39, 0.29) is 48.1 Å². The number of benzene rings is 3. The van der Waals surface area contributed by atoms with Crippen LogP contribution in [0.3, 0.4) is 0 Å². The molecule has 3 aromatic rings. The van der Waals surface area contributed by atoms with E-state index in [9.17, 15) is 14.7 Å². The van der Waals surface area contributed by atoms with Crippen molar-refractivity contribution in [1.82, 2.24) is 4.90 Å². The molecule has 0 radical (unpaired) electrons. The molecule has 3 aromatic carbocycles. The molecule has 9 nitrogen and oxygen atoms in total. The molecule has 0 bridgehead atoms. The maximum Gasteiger partial charge on any atom is 0.255 e. The number of nitrogens with zero attached hydrogens (tertiary/aromatic N) is 1. The number of amides is 2. The summed E-state index contributed by atoms with van der Waals surface area (Å²) in [5.74, 6) is 1.88. The van der Waals surface area contributed by atoms with Crippen molar-refractivity contribution in [3.63, 3.8) is 0 Å². The van der Waals surface area contributed by atoms with Crippen molar-refractivity contribution in [3.05, 3.63) is 77.9 Å². The third kappa shape index (κ3) is 6.79. The Morgan fingerprint density at radius 3 is 2.26 bits per heavy atom. The van der Waals surface area contributed by atoms with Gasteiger partial charge in [-0.1, -0.05) is 37.3 Å². The summed E-state index contributed by atoms with van der Waals surface area (Å²) >= 11 is 0. The van der Waals surface area contributed by atoms with Gasteiger partial charge in [0.25, 0.3) is 5.91 Å². The van der Waals surface area contributed by atoms with Crippen molar-refractivity contribution in [2.24, 2.45) is 5.92 Å². The lowest BCUT2D eigenvalue weighted by atomic mass is 9.86. The maximum absolute atomic E-state index is 13.9. The minimum Gasteiger partial charge on any atom is -0.497 e. The van der Waals surface area contributed by atoms with Gasteiger partial charge in [-0.3, -0.25) is 9.59 Å². The van der Waals surface area contributed by atoms with Crippen LogP contribution in [0, 0.1) is 5.92 Å². The quantitative estimate of drug-likeness (QED) is 0.269. The first-order valence-electron chi connectivity index (χ1n) is 15.9. The van der Waals surface area contributed by atoms with Crippen molar-refractivity contribution < 1.29 is 33.6 Å². The molecule has 1 saturated heterocycles. The van der Waals surface area contributed by atoms with Crippen LogP contribution in [0.25, 0.3) is 0 Å². The number of likely N-dealkylation sites (tertiary alicyclic amines) is 1. The number of carbonyl (C=O) groups excluding carboxylic acids is 2. The van der Waals surface area contributed by atoms with Gasteiger partial charge in [-0.25, -0.2) is 0 Å². The highest BCUT2D eigenvalue weighted by Crippen LogP contribution is 2.48. The molecule has 5 rings (SSSR count). The number of anilines is 1. The number of nitrogens with one attached hydrogen (secondary N) is 1. The lowest BCUT2D eigenvalue weighted by Crippen LogP contribution is -2.55. The average molecular weight is 647 g/mol. The predicted molar refractivity (Wildman–Crippen MR) is 181 cm³/mol. The van der Waals surface area contributed by atoms with Gasteiger partial charge in [-0.05, 0) is 67.4 Å². The van der Waals surface area contributed by atoms with Gasteiger partial charge < -0.3 is 34.3 Å². The molecule has 0 saturated carbocycles. The summed E-state index contributed by atoms with van der Waals surface area (Å²) in [6.07, 6.45) is 1.41. The van der Waals surface area contributed by atoms with E-state index in [2.05, 4.69) is 37.5 Å². The van der Waals surface area contributed by atoms with Crippen LogP contribution >= 0.6 is 0 Å². The third-order valence-corrected chi connectivity index (χ3v) is 14.1. The largest absolute Gasteiger partial charge is 0.497 e. The van der Waals surface area contributed by atoms with E-state index in [1.165, 1.54) is 5.19 Å². The number of methoxy groups -OCH3 is 3. The van der Waals surface area contributed by atoms with Crippen molar-refractivity contribution in [2.45, 2.75) is 63.1 Å². The Labute approximate surface area is 272 Å². The molecule has 2 N–H and O–H groups in total. The van der Waals surface area contributed by atoms with E-state index in [4.69, 9.17) is 18.9 Å². The second-order valence-electron chi connectivity index (χ2n) is 12.9. The number of hydrogen-bond donors (Lipinski definition) is 2. The van der Waals surface area contributed by atoms with Crippen molar-refractivity contribution >= 4 is 30.8 Å². The van der Waals surface area contributed by atoms with E-state index in [0.717, 1.165) is 24.2 Å². The molecule has 2 aliphatic heterocycles. The Morgan fingerprint density at radius 2 is 1.65 bits per heavy atom. The smallest absolute Gasteiger partial charge is 0.255 e. The lowest BCUT2D eigenvalue weighted by molar-refractivity contribution is -0.133. The third-order valence-electron chi connectivity index (χ3n) is 9.90. The number of aliphatic hydroxyl groups is 1. The monoisotopic (exact) mass is 646 g/mol. The van der Waals surface area contributed by atoms with E-state index in [1.807, 2.05) is 35.2 Å². The van der Waals surface area contributed by atoms with Gasteiger partial charge in [0, 0.05) is 48.3 Å². The van der Waals surface area contributed by atoms with Crippen LogP contribution in [0.5, 0.6) is 17.2 Å². The van der Waals surface area contributed by atoms with Crippen LogP contribution in [0.15, 0.2) is 66.7 Å². The SMILES string of the molecule is COc1ccc(C(=O)Nc2ccc3c(c2)[C@H](OC)[C@@H](C)[C@H](C(CC(=O)N2CCC[C@H]2CO)[Si](C)(C)c2ccc(OC)cc2)O3)cc1.